The van der Waals surface area contributed by atoms with Crippen LogP contribution in [0.25, 0.3) is 0 Å². The van der Waals surface area contributed by atoms with Gasteiger partial charge in [-0.1, -0.05) is 22.8 Å². The first-order valence-electron chi connectivity index (χ1n) is 6.06. The van der Waals surface area contributed by atoms with E-state index in [1.165, 1.54) is 0 Å². The summed E-state index contributed by atoms with van der Waals surface area (Å²) >= 11 is 6.08. The van der Waals surface area contributed by atoms with Crippen LogP contribution in [0.15, 0.2) is 22.7 Å². The van der Waals surface area contributed by atoms with Crippen molar-refractivity contribution in [3.8, 4) is 5.75 Å². The van der Waals surface area contributed by atoms with Gasteiger partial charge in [0.1, 0.15) is 11.5 Å². The number of rotatable bonds is 5. The molecule has 19 heavy (non-hydrogen) atoms. The maximum Gasteiger partial charge on any atom is 0.138 e. The second-order valence-electron chi connectivity index (χ2n) is 4.38. The minimum absolute atomic E-state index is 0.624. The maximum absolute atomic E-state index is 6.08. The van der Waals surface area contributed by atoms with Crippen LogP contribution in [0.5, 0.6) is 5.75 Å². The second kappa shape index (κ2) is 6.08. The van der Waals surface area contributed by atoms with Crippen LogP contribution in [-0.4, -0.2) is 12.3 Å². The fraction of sp³-hybridized carbons (Fsp3) is 0.357. The molecule has 2 aromatic rings. The first-order valence-corrected chi connectivity index (χ1v) is 6.44. The van der Waals surface area contributed by atoms with Gasteiger partial charge in [0.05, 0.1) is 17.8 Å². The molecule has 1 aromatic carbocycles. The molecular formula is C14H17ClN2O2. The summed E-state index contributed by atoms with van der Waals surface area (Å²) in [5, 5.41) is 7.90. The SMILES string of the molecule is COc1ccc(CNCc2c(C)noc2C)cc1Cl. The molecule has 0 saturated heterocycles. The lowest BCUT2D eigenvalue weighted by molar-refractivity contribution is 0.392. The molecule has 1 aromatic heterocycles. The normalized spacial score (nSPS) is 10.7. The van der Waals surface area contributed by atoms with Crippen molar-refractivity contribution in [2.45, 2.75) is 26.9 Å². The van der Waals surface area contributed by atoms with E-state index in [9.17, 15) is 0 Å². The van der Waals surface area contributed by atoms with Gasteiger partial charge >= 0.3 is 0 Å². The Labute approximate surface area is 117 Å². The molecule has 2 rings (SSSR count). The van der Waals surface area contributed by atoms with Crippen LogP contribution < -0.4 is 10.1 Å². The van der Waals surface area contributed by atoms with Gasteiger partial charge in [-0.2, -0.15) is 0 Å². The zero-order valence-corrected chi connectivity index (χ0v) is 12.0. The van der Waals surface area contributed by atoms with E-state index in [-0.39, 0.29) is 0 Å². The Morgan fingerprint density at radius 1 is 1.32 bits per heavy atom. The van der Waals surface area contributed by atoms with Crippen LogP contribution in [0.2, 0.25) is 5.02 Å². The number of nitrogens with zero attached hydrogens (tertiary/aromatic N) is 1. The van der Waals surface area contributed by atoms with Gasteiger partial charge in [-0.3, -0.25) is 0 Å². The molecule has 0 aliphatic heterocycles. The van der Waals surface area contributed by atoms with E-state index in [0.29, 0.717) is 10.8 Å². The average Bonchev–Trinajstić information content (AvgIpc) is 2.70. The van der Waals surface area contributed by atoms with Crippen LogP contribution in [0.1, 0.15) is 22.6 Å². The molecule has 0 bridgehead atoms. The third-order valence-electron chi connectivity index (χ3n) is 3.03. The number of benzene rings is 1. The van der Waals surface area contributed by atoms with E-state index in [1.807, 2.05) is 32.0 Å². The fourth-order valence-corrected chi connectivity index (χ4v) is 2.19. The molecule has 0 atom stereocenters. The van der Waals surface area contributed by atoms with Crippen LogP contribution in [0.3, 0.4) is 0 Å². The van der Waals surface area contributed by atoms with Gasteiger partial charge < -0.3 is 14.6 Å². The molecule has 5 heteroatoms. The summed E-state index contributed by atoms with van der Waals surface area (Å²) in [5.41, 5.74) is 3.15. The van der Waals surface area contributed by atoms with Gasteiger partial charge in [0, 0.05) is 18.7 Å². The van der Waals surface area contributed by atoms with Gasteiger partial charge in [-0.15, -0.1) is 0 Å². The quantitative estimate of drug-likeness (QED) is 0.913. The minimum Gasteiger partial charge on any atom is -0.495 e. The fourth-order valence-electron chi connectivity index (χ4n) is 1.91. The second-order valence-corrected chi connectivity index (χ2v) is 4.78. The highest BCUT2D eigenvalue weighted by molar-refractivity contribution is 6.32. The van der Waals surface area contributed by atoms with Crippen molar-refractivity contribution in [3.63, 3.8) is 0 Å². The Morgan fingerprint density at radius 2 is 2.11 bits per heavy atom. The van der Waals surface area contributed by atoms with Crippen LogP contribution in [0.4, 0.5) is 0 Å². The Bertz CT molecular complexity index is 547. The number of nitrogens with one attached hydrogen (secondary N) is 1. The first-order chi connectivity index (χ1) is 9.11. The van der Waals surface area contributed by atoms with Crippen molar-refractivity contribution >= 4 is 11.6 Å². The Balaban J connectivity index is 1.94. The van der Waals surface area contributed by atoms with E-state index < -0.39 is 0 Å². The molecule has 0 radical (unpaired) electrons. The molecule has 4 nitrogen and oxygen atoms in total. The summed E-state index contributed by atoms with van der Waals surface area (Å²) in [5.74, 6) is 1.55. The number of ether oxygens (including phenoxy) is 1. The molecule has 0 aliphatic rings. The van der Waals surface area contributed by atoms with Crippen molar-refractivity contribution in [2.75, 3.05) is 7.11 Å². The predicted molar refractivity (Wildman–Crippen MR) is 74.5 cm³/mol. The lowest BCUT2D eigenvalue weighted by atomic mass is 10.2. The molecule has 1 N–H and O–H groups in total. The summed E-state index contributed by atoms with van der Waals surface area (Å²) in [6.45, 7) is 5.32. The third-order valence-corrected chi connectivity index (χ3v) is 3.32. The van der Waals surface area contributed by atoms with Crippen LogP contribution in [-0.2, 0) is 13.1 Å². The van der Waals surface area contributed by atoms with Gasteiger partial charge in [-0.05, 0) is 31.5 Å². The summed E-state index contributed by atoms with van der Waals surface area (Å²) in [4.78, 5) is 0. The average molecular weight is 281 g/mol. The van der Waals surface area contributed by atoms with E-state index in [0.717, 1.165) is 35.7 Å². The van der Waals surface area contributed by atoms with E-state index >= 15 is 0 Å². The first kappa shape index (κ1) is 13.9. The summed E-state index contributed by atoms with van der Waals surface area (Å²) in [6, 6.07) is 5.76. The Morgan fingerprint density at radius 3 is 2.68 bits per heavy atom. The van der Waals surface area contributed by atoms with Gasteiger partial charge in [0.15, 0.2) is 0 Å². The molecule has 0 saturated carbocycles. The molecule has 102 valence electrons. The van der Waals surface area contributed by atoms with E-state index in [2.05, 4.69) is 10.5 Å². The van der Waals surface area contributed by atoms with Gasteiger partial charge in [-0.25, -0.2) is 0 Å². The predicted octanol–water partition coefficient (Wildman–Crippen LogP) is 3.24. The van der Waals surface area contributed by atoms with Gasteiger partial charge in [0.25, 0.3) is 0 Å². The Hall–Kier alpha value is -1.52. The highest BCUT2D eigenvalue weighted by Crippen LogP contribution is 2.24. The molecular weight excluding hydrogens is 264 g/mol. The topological polar surface area (TPSA) is 47.3 Å². The lowest BCUT2D eigenvalue weighted by Crippen LogP contribution is -2.13. The number of aromatic nitrogens is 1. The van der Waals surface area contributed by atoms with Gasteiger partial charge in [0.2, 0.25) is 0 Å². The monoisotopic (exact) mass is 280 g/mol. The highest BCUT2D eigenvalue weighted by atomic mass is 35.5. The largest absolute Gasteiger partial charge is 0.495 e. The van der Waals surface area contributed by atoms with Crippen molar-refractivity contribution in [2.24, 2.45) is 0 Å². The number of hydrogen-bond donors (Lipinski definition) is 1. The third kappa shape index (κ3) is 3.28. The zero-order valence-electron chi connectivity index (χ0n) is 11.3. The van der Waals surface area contributed by atoms with Crippen LogP contribution in [0, 0.1) is 13.8 Å². The number of hydrogen-bond acceptors (Lipinski definition) is 4. The molecule has 0 aliphatic carbocycles. The van der Waals surface area contributed by atoms with Crippen molar-refractivity contribution in [1.29, 1.82) is 0 Å². The Kier molecular flexibility index (Phi) is 4.45. The lowest BCUT2D eigenvalue weighted by Gasteiger charge is -2.07. The summed E-state index contributed by atoms with van der Waals surface area (Å²) < 4.78 is 10.2. The molecule has 0 spiro atoms. The van der Waals surface area contributed by atoms with Crippen molar-refractivity contribution in [3.05, 3.63) is 45.8 Å². The zero-order chi connectivity index (χ0) is 13.8. The number of aryl methyl sites for hydroxylation is 2. The number of halogens is 1. The van der Waals surface area contributed by atoms with Crippen molar-refractivity contribution < 1.29 is 9.26 Å². The van der Waals surface area contributed by atoms with E-state index in [4.69, 9.17) is 20.9 Å². The molecule has 0 unspecified atom stereocenters. The molecule has 1 heterocycles. The molecule has 0 amide bonds. The van der Waals surface area contributed by atoms with Crippen molar-refractivity contribution in [1.82, 2.24) is 10.5 Å². The van der Waals surface area contributed by atoms with Crippen LogP contribution >= 0.6 is 11.6 Å². The highest BCUT2D eigenvalue weighted by Gasteiger charge is 2.08. The maximum atomic E-state index is 6.08. The molecule has 0 fully saturated rings. The summed E-state index contributed by atoms with van der Waals surface area (Å²) in [6.07, 6.45) is 0. The standard InChI is InChI=1S/C14H17ClN2O2/c1-9-12(10(2)19-17-9)8-16-7-11-4-5-14(18-3)13(15)6-11/h4-6,16H,7-8H2,1-3H3. The number of methoxy groups -OCH3 is 1. The summed E-state index contributed by atoms with van der Waals surface area (Å²) in [7, 11) is 1.61. The minimum atomic E-state index is 0.624. The van der Waals surface area contributed by atoms with E-state index in [1.54, 1.807) is 7.11 Å². The smallest absolute Gasteiger partial charge is 0.138 e.